The highest BCUT2D eigenvalue weighted by Crippen LogP contribution is 2.38. The van der Waals surface area contributed by atoms with Crippen molar-refractivity contribution in [2.24, 2.45) is 11.8 Å². The van der Waals surface area contributed by atoms with Crippen LogP contribution in [0, 0.1) is 11.8 Å². The van der Waals surface area contributed by atoms with E-state index in [1.54, 1.807) is 0 Å². The Morgan fingerprint density at radius 1 is 1.29 bits per heavy atom. The molecule has 21 heavy (non-hydrogen) atoms. The van der Waals surface area contributed by atoms with Gasteiger partial charge in [-0.2, -0.15) is 0 Å². The average Bonchev–Trinajstić information content (AvgIpc) is 3.27. The van der Waals surface area contributed by atoms with Crippen LogP contribution >= 0.6 is 0 Å². The van der Waals surface area contributed by atoms with E-state index in [0.29, 0.717) is 12.8 Å². The monoisotopic (exact) mass is 291 g/mol. The fourth-order valence-corrected chi connectivity index (χ4v) is 2.22. The second-order valence-electron chi connectivity index (χ2n) is 5.06. The Morgan fingerprint density at radius 2 is 1.95 bits per heavy atom. The van der Waals surface area contributed by atoms with Gasteiger partial charge in [0.15, 0.2) is 0 Å². The summed E-state index contributed by atoms with van der Waals surface area (Å²) in [6.45, 7) is 0. The summed E-state index contributed by atoms with van der Waals surface area (Å²) in [7, 11) is 1.25. The van der Waals surface area contributed by atoms with Crippen molar-refractivity contribution in [2.75, 3.05) is 7.11 Å². The summed E-state index contributed by atoms with van der Waals surface area (Å²) in [4.78, 5) is 34.5. The molecule has 0 aliphatic heterocycles. The third-order valence-electron chi connectivity index (χ3n) is 3.53. The number of hydrogen-bond acceptors (Lipinski definition) is 4. The Kier molecular flexibility index (Phi) is 4.57. The fourth-order valence-electron chi connectivity index (χ4n) is 2.22. The maximum Gasteiger partial charge on any atom is 0.328 e. The van der Waals surface area contributed by atoms with Crippen molar-refractivity contribution in [2.45, 2.75) is 18.9 Å². The van der Waals surface area contributed by atoms with E-state index in [0.717, 1.165) is 5.56 Å². The van der Waals surface area contributed by atoms with E-state index in [4.69, 9.17) is 5.11 Å². The van der Waals surface area contributed by atoms with Gasteiger partial charge in [0.05, 0.1) is 18.9 Å². The van der Waals surface area contributed by atoms with Crippen molar-refractivity contribution in [3.63, 3.8) is 0 Å². The number of hydrogen-bond donors (Lipinski definition) is 2. The summed E-state index contributed by atoms with van der Waals surface area (Å²) in [6.07, 6.45) is 0.629. The third kappa shape index (κ3) is 3.81. The number of carboxylic acid groups (broad SMARTS) is 1. The summed E-state index contributed by atoms with van der Waals surface area (Å²) >= 11 is 0. The summed E-state index contributed by atoms with van der Waals surface area (Å²) in [5.41, 5.74) is 0.888. The van der Waals surface area contributed by atoms with Gasteiger partial charge in [0.25, 0.3) is 0 Å². The summed E-state index contributed by atoms with van der Waals surface area (Å²) < 4.78 is 4.69. The van der Waals surface area contributed by atoms with Crippen molar-refractivity contribution >= 4 is 17.8 Å². The van der Waals surface area contributed by atoms with Crippen LogP contribution in [0.15, 0.2) is 30.3 Å². The molecule has 0 spiro atoms. The van der Waals surface area contributed by atoms with Gasteiger partial charge in [-0.3, -0.25) is 9.59 Å². The van der Waals surface area contributed by atoms with Gasteiger partial charge in [0.2, 0.25) is 5.91 Å². The van der Waals surface area contributed by atoms with Gasteiger partial charge >= 0.3 is 11.9 Å². The quantitative estimate of drug-likeness (QED) is 0.749. The lowest BCUT2D eigenvalue weighted by atomic mass is 10.1. The molecule has 0 bridgehead atoms. The molecule has 1 unspecified atom stereocenters. The second-order valence-corrected chi connectivity index (χ2v) is 5.06. The first-order valence-corrected chi connectivity index (χ1v) is 6.68. The Morgan fingerprint density at radius 3 is 2.48 bits per heavy atom. The SMILES string of the molecule is COC(=O)C(Cc1ccccc1)NC(=O)[C@@H]1C[C@@H]1C(=O)O. The van der Waals surface area contributed by atoms with Gasteiger partial charge in [-0.15, -0.1) is 0 Å². The van der Waals surface area contributed by atoms with Crippen LogP contribution in [0.1, 0.15) is 12.0 Å². The van der Waals surface area contributed by atoms with Gasteiger partial charge in [-0.05, 0) is 12.0 Å². The Labute approximate surface area is 122 Å². The molecule has 1 aliphatic rings. The maximum absolute atomic E-state index is 12.0. The van der Waals surface area contributed by atoms with Gasteiger partial charge in [0.1, 0.15) is 6.04 Å². The first-order valence-electron chi connectivity index (χ1n) is 6.68. The van der Waals surface area contributed by atoms with E-state index < -0.39 is 35.7 Å². The number of rotatable bonds is 6. The predicted molar refractivity (Wildman–Crippen MR) is 73.3 cm³/mol. The molecule has 0 radical (unpaired) electrons. The van der Waals surface area contributed by atoms with Gasteiger partial charge in [-0.25, -0.2) is 4.79 Å². The smallest absolute Gasteiger partial charge is 0.328 e. The number of methoxy groups -OCH3 is 1. The molecule has 1 amide bonds. The van der Waals surface area contributed by atoms with Crippen LogP contribution in [0.3, 0.4) is 0 Å². The number of esters is 1. The third-order valence-corrected chi connectivity index (χ3v) is 3.53. The Bertz CT molecular complexity index is 542. The molecule has 2 N–H and O–H groups in total. The highest BCUT2D eigenvalue weighted by molar-refractivity contribution is 5.92. The Hall–Kier alpha value is -2.37. The topological polar surface area (TPSA) is 92.7 Å². The molecule has 2 rings (SSSR count). The normalized spacial score (nSPS) is 21.2. The molecule has 0 aromatic heterocycles. The molecular formula is C15H17NO5. The number of nitrogens with one attached hydrogen (secondary N) is 1. The van der Waals surface area contributed by atoms with E-state index in [1.807, 2.05) is 30.3 Å². The Balaban J connectivity index is 1.99. The molecule has 6 heteroatoms. The van der Waals surface area contributed by atoms with Gasteiger partial charge < -0.3 is 15.2 Å². The number of amides is 1. The van der Waals surface area contributed by atoms with Crippen molar-refractivity contribution in [3.05, 3.63) is 35.9 Å². The lowest BCUT2D eigenvalue weighted by Crippen LogP contribution is -2.44. The molecule has 1 aromatic rings. The highest BCUT2D eigenvalue weighted by atomic mass is 16.5. The number of aliphatic carboxylic acids is 1. The van der Waals surface area contributed by atoms with Crippen LogP contribution in [0.2, 0.25) is 0 Å². The largest absolute Gasteiger partial charge is 0.481 e. The average molecular weight is 291 g/mol. The second kappa shape index (κ2) is 6.39. The van der Waals surface area contributed by atoms with Crippen molar-refractivity contribution < 1.29 is 24.2 Å². The first kappa shape index (κ1) is 15.0. The summed E-state index contributed by atoms with van der Waals surface area (Å²) in [6, 6.07) is 8.43. The minimum Gasteiger partial charge on any atom is -0.481 e. The summed E-state index contributed by atoms with van der Waals surface area (Å²) in [5, 5.41) is 11.4. The molecule has 3 atom stereocenters. The molecule has 6 nitrogen and oxygen atoms in total. The van der Waals surface area contributed by atoms with Crippen LogP contribution in [0.4, 0.5) is 0 Å². The van der Waals surface area contributed by atoms with E-state index in [1.165, 1.54) is 7.11 Å². The number of ether oxygens (including phenoxy) is 1. The van der Waals surface area contributed by atoms with Crippen LogP contribution in [0.5, 0.6) is 0 Å². The van der Waals surface area contributed by atoms with E-state index in [2.05, 4.69) is 10.1 Å². The number of carbonyl (C=O) groups is 3. The minimum absolute atomic E-state index is 0.309. The standard InChI is InChI=1S/C15H17NO5/c1-21-15(20)12(7-9-5-3-2-4-6-9)16-13(17)10-8-11(10)14(18)19/h2-6,10-12H,7-8H2,1H3,(H,16,17)(H,18,19)/t10-,11+,12?/m1/s1. The van der Waals surface area contributed by atoms with Crippen LogP contribution in [-0.4, -0.2) is 36.1 Å². The van der Waals surface area contributed by atoms with Crippen molar-refractivity contribution in [1.82, 2.24) is 5.32 Å². The lowest BCUT2D eigenvalue weighted by Gasteiger charge is -2.16. The molecule has 1 aromatic carbocycles. The molecule has 1 saturated carbocycles. The molecule has 112 valence electrons. The number of carbonyl (C=O) groups excluding carboxylic acids is 2. The van der Waals surface area contributed by atoms with Crippen molar-refractivity contribution in [1.29, 1.82) is 0 Å². The van der Waals surface area contributed by atoms with Crippen LogP contribution in [0.25, 0.3) is 0 Å². The minimum atomic E-state index is -0.979. The molecular weight excluding hydrogens is 274 g/mol. The van der Waals surface area contributed by atoms with Crippen LogP contribution in [-0.2, 0) is 25.5 Å². The molecule has 0 saturated heterocycles. The fraction of sp³-hybridized carbons (Fsp3) is 0.400. The maximum atomic E-state index is 12.0. The van der Waals surface area contributed by atoms with E-state index in [9.17, 15) is 14.4 Å². The van der Waals surface area contributed by atoms with Gasteiger partial charge in [0, 0.05) is 6.42 Å². The molecule has 0 heterocycles. The zero-order valence-electron chi connectivity index (χ0n) is 11.6. The first-order chi connectivity index (χ1) is 10.0. The molecule has 1 aliphatic carbocycles. The summed E-state index contributed by atoms with van der Waals surface area (Å²) in [5.74, 6) is -3.12. The lowest BCUT2D eigenvalue weighted by molar-refractivity contribution is -0.145. The van der Waals surface area contributed by atoms with Gasteiger partial charge in [-0.1, -0.05) is 30.3 Å². The number of benzene rings is 1. The van der Waals surface area contributed by atoms with E-state index >= 15 is 0 Å². The zero-order chi connectivity index (χ0) is 15.4. The highest BCUT2D eigenvalue weighted by Gasteiger charge is 2.49. The van der Waals surface area contributed by atoms with Crippen LogP contribution < -0.4 is 5.32 Å². The number of carboxylic acids is 1. The molecule has 1 fully saturated rings. The van der Waals surface area contributed by atoms with Crippen molar-refractivity contribution in [3.8, 4) is 0 Å². The zero-order valence-corrected chi connectivity index (χ0v) is 11.6. The predicted octanol–water partition coefficient (Wildman–Crippen LogP) is 0.608. The van der Waals surface area contributed by atoms with E-state index in [-0.39, 0.29) is 0 Å².